The maximum absolute atomic E-state index is 12.6. The third-order valence-electron chi connectivity index (χ3n) is 7.24. The number of hydrogen-bond donors (Lipinski definition) is 0. The fourth-order valence-electron chi connectivity index (χ4n) is 5.36. The molecule has 0 bridgehead atoms. The zero-order chi connectivity index (χ0) is 39.4. The Hall–Kier alpha value is -4.81. The van der Waals surface area contributed by atoms with Gasteiger partial charge in [0.2, 0.25) is 0 Å². The summed E-state index contributed by atoms with van der Waals surface area (Å²) >= 11 is 0.940. The molecule has 1 aromatic rings. The highest BCUT2D eigenvalue weighted by molar-refractivity contribution is 7.99. The molecule has 2 aliphatic rings. The molecular formula is C33H39NO18S. The third-order valence-corrected chi connectivity index (χ3v) is 8.40. The van der Waals surface area contributed by atoms with Crippen LogP contribution in [-0.2, 0) is 76.1 Å². The number of nitrogens with zero attached hydrogens (tertiary/aromatic N) is 1. The van der Waals surface area contributed by atoms with Crippen molar-refractivity contribution >= 4 is 53.3 Å². The average Bonchev–Trinajstić information content (AvgIpc) is 3.05. The minimum atomic E-state index is -1.72. The lowest BCUT2D eigenvalue weighted by molar-refractivity contribution is -0.384. The minimum absolute atomic E-state index is 0.197. The predicted molar refractivity (Wildman–Crippen MR) is 175 cm³/mol. The quantitative estimate of drug-likeness (QED) is 0.0805. The highest BCUT2D eigenvalue weighted by Crippen LogP contribution is 2.40. The molecule has 2 fully saturated rings. The molecule has 0 aromatic heterocycles. The lowest BCUT2D eigenvalue weighted by atomic mass is 9.96. The summed E-state index contributed by atoms with van der Waals surface area (Å²) in [5.41, 5.74) is -1.41. The molecule has 0 N–H and O–H groups in total. The third kappa shape index (κ3) is 12.7. The molecular weight excluding hydrogens is 730 g/mol. The molecule has 1 aromatic carbocycles. The summed E-state index contributed by atoms with van der Waals surface area (Å²) in [5, 5.41) is 11.2. The molecule has 10 atom stereocenters. The van der Waals surface area contributed by atoms with E-state index in [1.807, 2.05) is 0 Å². The van der Waals surface area contributed by atoms with Crippen molar-refractivity contribution < 1.29 is 81.1 Å². The Morgan fingerprint density at radius 1 is 0.698 bits per heavy atom. The Bertz CT molecular complexity index is 1540. The van der Waals surface area contributed by atoms with Gasteiger partial charge in [0.15, 0.2) is 30.7 Å². The number of benzene rings is 1. The first-order chi connectivity index (χ1) is 25.0. The predicted octanol–water partition coefficient (Wildman–Crippen LogP) is 1.39. The fourth-order valence-corrected chi connectivity index (χ4v) is 6.46. The summed E-state index contributed by atoms with van der Waals surface area (Å²) in [7, 11) is 0. The van der Waals surface area contributed by atoms with Crippen molar-refractivity contribution in [3.63, 3.8) is 0 Å². The molecule has 2 heterocycles. The van der Waals surface area contributed by atoms with Crippen molar-refractivity contribution in [2.75, 3.05) is 19.8 Å². The van der Waals surface area contributed by atoms with Gasteiger partial charge in [-0.1, -0.05) is 17.7 Å². The number of esters is 6. The molecule has 0 radical (unpaired) electrons. The van der Waals surface area contributed by atoms with E-state index in [0.29, 0.717) is 4.90 Å². The summed E-state index contributed by atoms with van der Waals surface area (Å²) < 4.78 is 57.3. The number of carbonyl (C=O) groups excluding carboxylic acids is 6. The second-order valence-electron chi connectivity index (χ2n) is 11.4. The van der Waals surface area contributed by atoms with Crippen molar-refractivity contribution in [2.45, 2.75) is 107 Å². The molecule has 0 unspecified atom stereocenters. The van der Waals surface area contributed by atoms with Gasteiger partial charge >= 0.3 is 35.8 Å². The fraction of sp³-hybridized carbons (Fsp3) is 0.576. The van der Waals surface area contributed by atoms with Gasteiger partial charge in [-0.25, -0.2) is 0 Å². The number of thioether (sulfide) groups is 1. The molecule has 0 aliphatic carbocycles. The molecule has 0 spiro atoms. The van der Waals surface area contributed by atoms with E-state index in [1.54, 1.807) is 0 Å². The topological polar surface area (TPSA) is 238 Å². The molecule has 2 saturated heterocycles. The van der Waals surface area contributed by atoms with Crippen LogP contribution < -0.4 is 0 Å². The Morgan fingerprint density at radius 2 is 1.19 bits per heavy atom. The maximum atomic E-state index is 12.6. The van der Waals surface area contributed by atoms with Gasteiger partial charge in [0, 0.05) is 58.6 Å². The van der Waals surface area contributed by atoms with Crippen molar-refractivity contribution in [3.8, 4) is 12.3 Å². The van der Waals surface area contributed by atoms with Gasteiger partial charge in [-0.2, -0.15) is 0 Å². The van der Waals surface area contributed by atoms with Gasteiger partial charge in [0.25, 0.3) is 5.69 Å². The van der Waals surface area contributed by atoms with E-state index in [9.17, 15) is 38.9 Å². The van der Waals surface area contributed by atoms with E-state index in [0.717, 1.165) is 53.3 Å². The molecule has 2 aliphatic heterocycles. The van der Waals surface area contributed by atoms with Gasteiger partial charge in [-0.15, -0.1) is 6.42 Å². The number of non-ortho nitro benzene ring substituents is 1. The lowest BCUT2D eigenvalue weighted by Gasteiger charge is -2.49. The zero-order valence-electron chi connectivity index (χ0n) is 29.5. The molecule has 3 rings (SSSR count). The molecule has 19 nitrogen and oxygen atoms in total. The Labute approximate surface area is 307 Å². The first-order valence-electron chi connectivity index (χ1n) is 15.9. The maximum Gasteiger partial charge on any atom is 0.303 e. The largest absolute Gasteiger partial charge is 0.463 e. The van der Waals surface area contributed by atoms with E-state index in [1.165, 1.54) is 24.3 Å². The second-order valence-corrected chi connectivity index (χ2v) is 12.6. The van der Waals surface area contributed by atoms with Crippen molar-refractivity contribution in [1.29, 1.82) is 0 Å². The van der Waals surface area contributed by atoms with E-state index < -0.39 is 115 Å². The number of nitro benzene ring substituents is 1. The van der Waals surface area contributed by atoms with Crippen LogP contribution in [0, 0.1) is 22.5 Å². The van der Waals surface area contributed by atoms with Gasteiger partial charge in [-0.3, -0.25) is 38.9 Å². The molecule has 290 valence electrons. The summed E-state index contributed by atoms with van der Waals surface area (Å²) in [6.45, 7) is 5.11. The van der Waals surface area contributed by atoms with Crippen LogP contribution in [0.5, 0.6) is 0 Å². The number of rotatable bonds is 15. The molecule has 20 heteroatoms. The van der Waals surface area contributed by atoms with Crippen LogP contribution in [0.1, 0.15) is 41.5 Å². The Morgan fingerprint density at radius 3 is 1.68 bits per heavy atom. The number of ether oxygens (including phenoxy) is 10. The number of terminal acetylenes is 1. The van der Waals surface area contributed by atoms with Crippen molar-refractivity contribution in [1.82, 2.24) is 0 Å². The Kier molecular flexibility index (Phi) is 16.0. The highest BCUT2D eigenvalue weighted by Gasteiger charge is 2.57. The first kappa shape index (κ1) is 42.6. The van der Waals surface area contributed by atoms with Crippen LogP contribution >= 0.6 is 11.8 Å². The van der Waals surface area contributed by atoms with Crippen LogP contribution in [0.4, 0.5) is 5.69 Å². The van der Waals surface area contributed by atoms with E-state index in [2.05, 4.69) is 5.92 Å². The van der Waals surface area contributed by atoms with E-state index in [4.69, 9.17) is 53.8 Å². The zero-order valence-corrected chi connectivity index (χ0v) is 30.3. The molecule has 0 amide bonds. The number of hydrogen-bond acceptors (Lipinski definition) is 19. The number of nitro groups is 1. The second kappa shape index (κ2) is 19.9. The van der Waals surface area contributed by atoms with Crippen LogP contribution in [0.2, 0.25) is 0 Å². The van der Waals surface area contributed by atoms with Crippen LogP contribution in [-0.4, -0.2) is 121 Å². The molecule has 53 heavy (non-hydrogen) atoms. The van der Waals surface area contributed by atoms with Crippen LogP contribution in [0.25, 0.3) is 0 Å². The summed E-state index contributed by atoms with van der Waals surface area (Å²) in [4.78, 5) is 84.5. The van der Waals surface area contributed by atoms with Crippen LogP contribution in [0.3, 0.4) is 0 Å². The van der Waals surface area contributed by atoms with Crippen LogP contribution in [0.15, 0.2) is 29.2 Å². The van der Waals surface area contributed by atoms with E-state index >= 15 is 0 Å². The minimum Gasteiger partial charge on any atom is -0.463 e. The SMILES string of the molecule is C#CCO[C@H]1[C@@H](OC(C)=O)[C@@H](COC(C)=O)O[C@@H](O[C@H]2[C@H](OC(C)=O)[C@@H](OC(C)=O)[C@H](Sc3ccc([N+](=O)[O-])cc3)O[C@@H]2COC(C)=O)[C@@H]1OC(C)=O. The Balaban J connectivity index is 2.16. The first-order valence-corrected chi connectivity index (χ1v) is 16.8. The summed E-state index contributed by atoms with van der Waals surface area (Å²) in [5.74, 6) is -2.58. The van der Waals surface area contributed by atoms with Crippen molar-refractivity contribution in [2.24, 2.45) is 0 Å². The van der Waals surface area contributed by atoms with Gasteiger partial charge in [0.1, 0.15) is 49.7 Å². The highest BCUT2D eigenvalue weighted by atomic mass is 32.2. The monoisotopic (exact) mass is 769 g/mol. The summed E-state index contributed by atoms with van der Waals surface area (Å²) in [6, 6.07) is 5.31. The van der Waals surface area contributed by atoms with Gasteiger partial charge < -0.3 is 47.4 Å². The van der Waals surface area contributed by atoms with E-state index in [-0.39, 0.29) is 12.3 Å². The van der Waals surface area contributed by atoms with Gasteiger partial charge in [-0.05, 0) is 12.1 Å². The van der Waals surface area contributed by atoms with Gasteiger partial charge in [0.05, 0.1) is 4.92 Å². The smallest absolute Gasteiger partial charge is 0.303 e. The average molecular weight is 770 g/mol. The summed E-state index contributed by atoms with van der Waals surface area (Å²) in [6.07, 6.45) is -7.88. The standard InChI is InChI=1S/C33H39NO18S/c1-8-13-43-28-26(46-18(4)37)24(14-44-16(2)35)50-32(30(28)48-20(6)39)52-27-25(15-45-17(3)36)51-33(31(49-21(7)40)29(27)47-19(5)38)53-23-11-9-22(10-12-23)34(41)42/h1,9-12,24-33H,13-15H2,2-7H3/t24-,25-,26+,27-,28+,29+,30-,31-,32+,33+/m1/s1. The lowest BCUT2D eigenvalue weighted by Crippen LogP contribution is -2.66. The number of carbonyl (C=O) groups is 6. The van der Waals surface area contributed by atoms with Crippen molar-refractivity contribution in [3.05, 3.63) is 34.4 Å². The normalized spacial score (nSPS) is 27.9. The molecule has 0 saturated carbocycles.